The number of likely N-dealkylation sites (N-methyl/N-ethyl adjacent to an activating group) is 1. The van der Waals surface area contributed by atoms with Crippen LogP contribution in [0.1, 0.15) is 16.4 Å². The molecule has 0 saturated carbocycles. The summed E-state index contributed by atoms with van der Waals surface area (Å²) in [5.74, 6) is -0.702. The summed E-state index contributed by atoms with van der Waals surface area (Å²) in [7, 11) is 2.08. The van der Waals surface area contributed by atoms with Crippen molar-refractivity contribution in [2.45, 2.75) is 6.04 Å². The number of benzene rings is 1. The Morgan fingerprint density at radius 3 is 2.50 bits per heavy atom. The van der Waals surface area contributed by atoms with Gasteiger partial charge in [-0.3, -0.25) is 19.0 Å². The third-order valence-corrected chi connectivity index (χ3v) is 5.14. The molecule has 1 aliphatic heterocycles. The number of carbonyl (C=O) groups is 2. The summed E-state index contributed by atoms with van der Waals surface area (Å²) in [6.07, 6.45) is 1.50. The molecular weight excluding hydrogens is 398 g/mol. The van der Waals surface area contributed by atoms with Crippen molar-refractivity contribution in [3.63, 3.8) is 0 Å². The van der Waals surface area contributed by atoms with Gasteiger partial charge in [0.15, 0.2) is 11.8 Å². The maximum atomic E-state index is 13.2. The van der Waals surface area contributed by atoms with Gasteiger partial charge >= 0.3 is 0 Å². The number of halogens is 1. The van der Waals surface area contributed by atoms with Gasteiger partial charge in [-0.05, 0) is 18.2 Å². The number of ketones is 1. The molecule has 1 N–H and O–H groups in total. The molecule has 0 spiro atoms. The van der Waals surface area contributed by atoms with E-state index < -0.39 is 6.04 Å². The fourth-order valence-electron chi connectivity index (χ4n) is 3.09. The topological polar surface area (TPSA) is 63.8 Å². The molecule has 0 unspecified atom stereocenters. The van der Waals surface area contributed by atoms with E-state index >= 15 is 0 Å². The van der Waals surface area contributed by atoms with E-state index in [1.54, 1.807) is 35.2 Å². The van der Waals surface area contributed by atoms with Crippen LogP contribution in [0, 0.1) is 0 Å². The third kappa shape index (κ3) is 3.94. The van der Waals surface area contributed by atoms with Gasteiger partial charge in [0.1, 0.15) is 0 Å². The van der Waals surface area contributed by atoms with Crippen LogP contribution in [0.25, 0.3) is 0 Å². The van der Waals surface area contributed by atoms with Crippen molar-refractivity contribution in [2.75, 3.05) is 33.2 Å². The van der Waals surface area contributed by atoms with E-state index in [1.807, 2.05) is 6.07 Å². The van der Waals surface area contributed by atoms with E-state index in [0.29, 0.717) is 18.7 Å². The van der Waals surface area contributed by atoms with Crippen LogP contribution in [-0.4, -0.2) is 54.4 Å². The molecule has 0 aliphatic carbocycles. The van der Waals surface area contributed by atoms with Crippen LogP contribution in [-0.2, 0) is 4.79 Å². The van der Waals surface area contributed by atoms with Crippen LogP contribution in [0.5, 0.6) is 0 Å². The molecule has 2 aromatic rings. The lowest BCUT2D eigenvalue weighted by Gasteiger charge is -2.32. The maximum Gasteiger partial charge on any atom is 0.254 e. The number of pyridine rings is 1. The van der Waals surface area contributed by atoms with Gasteiger partial charge in [0.25, 0.3) is 11.5 Å². The smallest absolute Gasteiger partial charge is 0.254 e. The van der Waals surface area contributed by atoms with Gasteiger partial charge < -0.3 is 9.80 Å². The lowest BCUT2D eigenvalue weighted by atomic mass is 10.0. The van der Waals surface area contributed by atoms with Gasteiger partial charge in [-0.1, -0.05) is 34.1 Å². The highest BCUT2D eigenvalue weighted by molar-refractivity contribution is 9.10. The van der Waals surface area contributed by atoms with E-state index in [9.17, 15) is 14.4 Å². The molecule has 1 aromatic heterocycles. The van der Waals surface area contributed by atoms with Crippen molar-refractivity contribution in [1.82, 2.24) is 9.47 Å². The van der Waals surface area contributed by atoms with Crippen molar-refractivity contribution in [2.24, 2.45) is 0 Å². The second kappa shape index (κ2) is 7.97. The number of carbonyl (C=O) groups excluding carboxylic acids is 2. The second-order valence-corrected chi connectivity index (χ2v) is 7.42. The highest BCUT2D eigenvalue weighted by Gasteiger charge is 2.35. The van der Waals surface area contributed by atoms with Crippen LogP contribution in [0.4, 0.5) is 0 Å². The molecule has 7 heteroatoms. The highest BCUT2D eigenvalue weighted by Crippen LogP contribution is 2.19. The minimum absolute atomic E-state index is 0.323. The summed E-state index contributed by atoms with van der Waals surface area (Å²) in [6, 6.07) is 10.3. The number of hydrogen-bond donors (Lipinski definition) is 1. The molecule has 26 heavy (non-hydrogen) atoms. The Kier molecular flexibility index (Phi) is 5.68. The quantitative estimate of drug-likeness (QED) is 0.576. The minimum atomic E-state index is -1.18. The SMILES string of the molecule is C[NH+]1CCN(C(=O)[C@@H](C(=O)c2cccc(Br)c2)n2ccccc2=O)CC1. The van der Waals surface area contributed by atoms with Crippen molar-refractivity contribution < 1.29 is 14.5 Å². The van der Waals surface area contributed by atoms with Crippen LogP contribution >= 0.6 is 15.9 Å². The Morgan fingerprint density at radius 2 is 1.85 bits per heavy atom. The van der Waals surface area contributed by atoms with Crippen molar-refractivity contribution >= 4 is 27.6 Å². The number of nitrogens with one attached hydrogen (secondary N) is 1. The Bertz CT molecular complexity index is 872. The molecule has 3 rings (SSSR count). The summed E-state index contributed by atoms with van der Waals surface area (Å²) in [5, 5.41) is 0. The Labute approximate surface area is 160 Å². The molecular formula is C19H21BrN3O3+. The highest BCUT2D eigenvalue weighted by atomic mass is 79.9. The van der Waals surface area contributed by atoms with Gasteiger partial charge in [0, 0.05) is 22.3 Å². The molecule has 1 aliphatic rings. The average molecular weight is 419 g/mol. The first-order valence-corrected chi connectivity index (χ1v) is 9.33. The number of amides is 1. The van der Waals surface area contributed by atoms with Crippen molar-refractivity contribution in [1.29, 1.82) is 0 Å². The molecule has 6 nitrogen and oxygen atoms in total. The predicted octanol–water partition coefficient (Wildman–Crippen LogP) is 0.392. The molecule has 0 bridgehead atoms. The number of hydrogen-bond acceptors (Lipinski definition) is 3. The normalized spacial score (nSPS) is 16.3. The Balaban J connectivity index is 1.99. The van der Waals surface area contributed by atoms with Gasteiger partial charge in [-0.2, -0.15) is 0 Å². The van der Waals surface area contributed by atoms with Crippen LogP contribution < -0.4 is 10.5 Å². The average Bonchev–Trinajstić information content (AvgIpc) is 2.64. The van der Waals surface area contributed by atoms with Crippen LogP contribution in [0.3, 0.4) is 0 Å². The summed E-state index contributed by atoms with van der Waals surface area (Å²) in [6.45, 7) is 2.81. The van der Waals surface area contributed by atoms with Gasteiger partial charge in [-0.25, -0.2) is 0 Å². The van der Waals surface area contributed by atoms with E-state index in [2.05, 4.69) is 23.0 Å². The first-order valence-electron chi connectivity index (χ1n) is 8.54. The van der Waals surface area contributed by atoms with E-state index in [4.69, 9.17) is 0 Å². The zero-order valence-electron chi connectivity index (χ0n) is 14.5. The molecule has 1 fully saturated rings. The standard InChI is InChI=1S/C19H20BrN3O3/c1-21-9-11-22(12-10-21)19(26)17(23-8-3-2-7-16(23)24)18(25)14-5-4-6-15(20)13-14/h2-8,13,17H,9-12H2,1H3/p+1/t17-/m1/s1. The molecule has 1 aromatic carbocycles. The van der Waals surface area contributed by atoms with E-state index in [1.165, 1.54) is 21.7 Å². The number of piperazine rings is 1. The van der Waals surface area contributed by atoms with Gasteiger partial charge in [-0.15, -0.1) is 0 Å². The number of aromatic nitrogens is 1. The minimum Gasteiger partial charge on any atom is -0.334 e. The largest absolute Gasteiger partial charge is 0.334 e. The number of nitrogens with zero attached hydrogens (tertiary/aromatic N) is 2. The molecule has 1 saturated heterocycles. The van der Waals surface area contributed by atoms with Gasteiger partial charge in [0.05, 0.1) is 33.2 Å². The van der Waals surface area contributed by atoms with Crippen LogP contribution in [0.2, 0.25) is 0 Å². The molecule has 0 radical (unpaired) electrons. The maximum absolute atomic E-state index is 13.2. The first-order chi connectivity index (χ1) is 12.5. The molecule has 1 atom stereocenters. The fraction of sp³-hybridized carbons (Fsp3) is 0.316. The summed E-state index contributed by atoms with van der Waals surface area (Å²) in [4.78, 5) is 41.7. The van der Waals surface area contributed by atoms with Crippen molar-refractivity contribution in [3.8, 4) is 0 Å². The first kappa shape index (κ1) is 18.5. The predicted molar refractivity (Wildman–Crippen MR) is 101 cm³/mol. The summed E-state index contributed by atoms with van der Waals surface area (Å²) < 4.78 is 1.98. The number of Topliss-reactive ketones (excluding diaryl/α,β-unsaturated/α-hetero) is 1. The lowest BCUT2D eigenvalue weighted by Crippen LogP contribution is -3.12. The van der Waals surface area contributed by atoms with E-state index in [-0.39, 0.29) is 17.2 Å². The second-order valence-electron chi connectivity index (χ2n) is 6.51. The number of quaternary nitrogens is 1. The Morgan fingerprint density at radius 1 is 1.12 bits per heavy atom. The summed E-state index contributed by atoms with van der Waals surface area (Å²) in [5.41, 5.74) is 0.0298. The molecule has 136 valence electrons. The molecule has 1 amide bonds. The van der Waals surface area contributed by atoms with Gasteiger partial charge in [0.2, 0.25) is 0 Å². The monoisotopic (exact) mass is 418 g/mol. The Hall–Kier alpha value is -2.25. The third-order valence-electron chi connectivity index (χ3n) is 4.65. The van der Waals surface area contributed by atoms with Crippen molar-refractivity contribution in [3.05, 3.63) is 69.1 Å². The van der Waals surface area contributed by atoms with Crippen LogP contribution in [0.15, 0.2) is 57.9 Å². The fourth-order valence-corrected chi connectivity index (χ4v) is 3.49. The summed E-state index contributed by atoms with van der Waals surface area (Å²) >= 11 is 3.35. The zero-order chi connectivity index (χ0) is 18.7. The zero-order valence-corrected chi connectivity index (χ0v) is 16.1. The number of rotatable bonds is 4. The molecule has 2 heterocycles. The van der Waals surface area contributed by atoms with E-state index in [0.717, 1.165) is 17.6 Å². The lowest BCUT2D eigenvalue weighted by molar-refractivity contribution is -0.883.